The van der Waals surface area contributed by atoms with E-state index in [2.05, 4.69) is 15.9 Å². The van der Waals surface area contributed by atoms with Gasteiger partial charge in [0, 0.05) is 5.33 Å². The summed E-state index contributed by atoms with van der Waals surface area (Å²) in [6.07, 6.45) is -10.4. The summed E-state index contributed by atoms with van der Waals surface area (Å²) in [4.78, 5) is 0. The summed E-state index contributed by atoms with van der Waals surface area (Å²) < 4.78 is 76.2. The second-order valence-corrected chi connectivity index (χ2v) is 3.82. The van der Waals surface area contributed by atoms with Crippen molar-refractivity contribution in [2.45, 2.75) is 17.7 Å². The average Bonchev–Trinajstić information content (AvgIpc) is 2.24. The van der Waals surface area contributed by atoms with Crippen LogP contribution in [-0.2, 0) is 17.7 Å². The number of hydrogen-bond donors (Lipinski definition) is 0. The van der Waals surface area contributed by atoms with Gasteiger partial charge in [-0.15, -0.1) is 0 Å². The van der Waals surface area contributed by atoms with Gasteiger partial charge in [-0.2, -0.15) is 31.6 Å². The van der Waals surface area contributed by atoms with E-state index in [9.17, 15) is 26.3 Å². The predicted octanol–water partition coefficient (Wildman–Crippen LogP) is 4.49. The standard InChI is InChI=1S/C10H4BrF6N/c11-3-5-1-2-6(4-18)8(10(15,16)17)7(5)9(12,13)14/h1-2H,3H2. The van der Waals surface area contributed by atoms with Crippen LogP contribution in [0.5, 0.6) is 0 Å². The van der Waals surface area contributed by atoms with E-state index < -0.39 is 39.9 Å². The Morgan fingerprint density at radius 1 is 1.00 bits per heavy atom. The molecule has 0 bridgehead atoms. The molecule has 0 aliphatic carbocycles. The van der Waals surface area contributed by atoms with E-state index in [0.29, 0.717) is 0 Å². The van der Waals surface area contributed by atoms with Gasteiger partial charge in [-0.05, 0) is 11.6 Å². The predicted molar refractivity (Wildman–Crippen MR) is 53.8 cm³/mol. The highest BCUT2D eigenvalue weighted by molar-refractivity contribution is 9.08. The van der Waals surface area contributed by atoms with Gasteiger partial charge in [-0.1, -0.05) is 22.0 Å². The zero-order valence-corrected chi connectivity index (χ0v) is 10.0. The Morgan fingerprint density at radius 3 is 1.83 bits per heavy atom. The summed E-state index contributed by atoms with van der Waals surface area (Å²) in [6.45, 7) is 0. The maximum absolute atomic E-state index is 12.7. The van der Waals surface area contributed by atoms with Crippen molar-refractivity contribution in [1.82, 2.24) is 0 Å². The Morgan fingerprint density at radius 2 is 1.50 bits per heavy atom. The monoisotopic (exact) mass is 331 g/mol. The molecule has 0 radical (unpaired) electrons. The van der Waals surface area contributed by atoms with E-state index >= 15 is 0 Å². The van der Waals surface area contributed by atoms with Crippen molar-refractivity contribution < 1.29 is 26.3 Å². The lowest BCUT2D eigenvalue weighted by atomic mass is 9.96. The van der Waals surface area contributed by atoms with E-state index in [1.165, 1.54) is 0 Å². The molecule has 0 N–H and O–H groups in total. The number of rotatable bonds is 1. The Labute approximate surface area is 106 Å². The first-order valence-electron chi connectivity index (χ1n) is 4.39. The lowest BCUT2D eigenvalue weighted by Gasteiger charge is -2.19. The topological polar surface area (TPSA) is 23.8 Å². The highest BCUT2D eigenvalue weighted by Gasteiger charge is 2.46. The van der Waals surface area contributed by atoms with Crippen molar-refractivity contribution in [1.29, 1.82) is 5.26 Å². The van der Waals surface area contributed by atoms with E-state index in [4.69, 9.17) is 5.26 Å². The van der Waals surface area contributed by atoms with Crippen molar-refractivity contribution in [3.8, 4) is 6.07 Å². The van der Waals surface area contributed by atoms with Crippen molar-refractivity contribution in [3.63, 3.8) is 0 Å². The molecule has 1 rings (SSSR count). The van der Waals surface area contributed by atoms with Crippen molar-refractivity contribution in [2.24, 2.45) is 0 Å². The Hall–Kier alpha value is -1.23. The normalized spacial score (nSPS) is 12.3. The third kappa shape index (κ3) is 2.77. The number of alkyl halides is 7. The Bertz CT molecular complexity index is 497. The number of nitrogens with zero attached hydrogens (tertiary/aromatic N) is 1. The fraction of sp³-hybridized carbons (Fsp3) is 0.300. The minimum absolute atomic E-state index is 0.392. The molecule has 8 heteroatoms. The van der Waals surface area contributed by atoms with E-state index in [1.54, 1.807) is 0 Å². The molecule has 1 aromatic rings. The van der Waals surface area contributed by atoms with Crippen LogP contribution in [0.25, 0.3) is 0 Å². The molecule has 18 heavy (non-hydrogen) atoms. The van der Waals surface area contributed by atoms with Gasteiger partial charge in [0.25, 0.3) is 0 Å². The molecule has 0 aliphatic rings. The lowest BCUT2D eigenvalue weighted by Crippen LogP contribution is -2.20. The average molecular weight is 332 g/mol. The zero-order valence-electron chi connectivity index (χ0n) is 8.45. The van der Waals surface area contributed by atoms with Gasteiger partial charge >= 0.3 is 12.4 Å². The van der Waals surface area contributed by atoms with Crippen LogP contribution in [0.4, 0.5) is 26.3 Å². The second kappa shape index (κ2) is 4.80. The maximum atomic E-state index is 12.7. The lowest BCUT2D eigenvalue weighted by molar-refractivity contribution is -0.162. The van der Waals surface area contributed by atoms with Gasteiger partial charge in [0.15, 0.2) is 0 Å². The van der Waals surface area contributed by atoms with E-state index in [-0.39, 0.29) is 0 Å². The fourth-order valence-corrected chi connectivity index (χ4v) is 1.94. The van der Waals surface area contributed by atoms with Crippen LogP contribution >= 0.6 is 15.9 Å². The van der Waals surface area contributed by atoms with Crippen LogP contribution in [0.3, 0.4) is 0 Å². The van der Waals surface area contributed by atoms with Gasteiger partial charge in [0.05, 0.1) is 22.8 Å². The summed E-state index contributed by atoms with van der Waals surface area (Å²) in [6, 6.07) is 2.71. The van der Waals surface area contributed by atoms with Crippen LogP contribution in [0.1, 0.15) is 22.3 Å². The highest BCUT2D eigenvalue weighted by Crippen LogP contribution is 2.44. The number of halogens is 7. The molecule has 1 nitrogen and oxygen atoms in total. The summed E-state index contributed by atoms with van der Waals surface area (Å²) in [5, 5.41) is 8.11. The zero-order chi connectivity index (χ0) is 14.1. The molecule has 0 spiro atoms. The largest absolute Gasteiger partial charge is 0.418 e. The Balaban J connectivity index is 3.78. The summed E-state index contributed by atoms with van der Waals surface area (Å²) in [5.41, 5.74) is -5.35. The molecule has 0 fully saturated rings. The van der Waals surface area contributed by atoms with Gasteiger partial charge in [0.1, 0.15) is 0 Å². The van der Waals surface area contributed by atoms with Gasteiger partial charge in [-0.3, -0.25) is 0 Å². The van der Waals surface area contributed by atoms with Crippen LogP contribution in [0, 0.1) is 11.3 Å². The number of benzene rings is 1. The van der Waals surface area contributed by atoms with Crippen LogP contribution in [0.2, 0.25) is 0 Å². The molecular weight excluding hydrogens is 328 g/mol. The molecule has 0 saturated carbocycles. The summed E-state index contributed by atoms with van der Waals surface area (Å²) >= 11 is 2.70. The van der Waals surface area contributed by atoms with Crippen molar-refractivity contribution in [3.05, 3.63) is 34.4 Å². The van der Waals surface area contributed by atoms with Gasteiger partial charge in [0.2, 0.25) is 0 Å². The SMILES string of the molecule is N#Cc1ccc(CBr)c(C(F)(F)F)c1C(F)(F)F. The molecule has 98 valence electrons. The quantitative estimate of drug-likeness (QED) is 0.549. The molecule has 0 aliphatic heterocycles. The molecule has 0 amide bonds. The second-order valence-electron chi connectivity index (χ2n) is 3.26. The smallest absolute Gasteiger partial charge is 0.192 e. The first-order valence-corrected chi connectivity index (χ1v) is 5.51. The third-order valence-corrected chi connectivity index (χ3v) is 2.73. The van der Waals surface area contributed by atoms with Crippen molar-refractivity contribution >= 4 is 15.9 Å². The van der Waals surface area contributed by atoms with Gasteiger partial charge < -0.3 is 0 Å². The summed E-state index contributed by atoms with van der Waals surface area (Å²) in [7, 11) is 0. The minimum Gasteiger partial charge on any atom is -0.192 e. The first kappa shape index (κ1) is 14.8. The van der Waals surface area contributed by atoms with Gasteiger partial charge in [-0.25, -0.2) is 0 Å². The Kier molecular flexibility index (Phi) is 3.96. The maximum Gasteiger partial charge on any atom is 0.418 e. The van der Waals surface area contributed by atoms with Crippen LogP contribution in [-0.4, -0.2) is 0 Å². The highest BCUT2D eigenvalue weighted by atomic mass is 79.9. The fourth-order valence-electron chi connectivity index (χ4n) is 1.47. The summed E-state index contributed by atoms with van der Waals surface area (Å²) in [5.74, 6) is 0. The molecule has 0 atom stereocenters. The van der Waals surface area contributed by atoms with E-state index in [0.717, 1.165) is 18.2 Å². The molecular formula is C10H4BrF6N. The van der Waals surface area contributed by atoms with Crippen molar-refractivity contribution in [2.75, 3.05) is 0 Å². The molecule has 0 unspecified atom stereocenters. The first-order chi connectivity index (χ1) is 8.12. The molecule has 0 saturated heterocycles. The van der Waals surface area contributed by atoms with E-state index in [1.807, 2.05) is 0 Å². The minimum atomic E-state index is -5.24. The molecule has 0 aromatic heterocycles. The third-order valence-electron chi connectivity index (χ3n) is 2.12. The molecule has 0 heterocycles. The number of nitriles is 1. The van der Waals surface area contributed by atoms with Crippen LogP contribution in [0.15, 0.2) is 12.1 Å². The number of hydrogen-bond acceptors (Lipinski definition) is 1. The molecule has 1 aromatic carbocycles. The van der Waals surface area contributed by atoms with Crippen LogP contribution < -0.4 is 0 Å².